The average molecular weight is 377 g/mol. The first-order chi connectivity index (χ1) is 13.3. The highest BCUT2D eigenvalue weighted by molar-refractivity contribution is 6.07. The molecule has 144 valence electrons. The number of rotatable bonds is 2. The van der Waals surface area contributed by atoms with Gasteiger partial charge in [0.25, 0.3) is 0 Å². The van der Waals surface area contributed by atoms with Crippen LogP contribution in [0.15, 0.2) is 39.5 Å². The van der Waals surface area contributed by atoms with Gasteiger partial charge in [-0.05, 0) is 55.7 Å². The molecule has 0 saturated carbocycles. The van der Waals surface area contributed by atoms with Gasteiger partial charge in [0, 0.05) is 25.3 Å². The number of carbonyl (C=O) groups is 1. The van der Waals surface area contributed by atoms with Gasteiger partial charge in [0.15, 0.2) is 5.78 Å². The third kappa shape index (κ3) is 2.78. The third-order valence-electron chi connectivity index (χ3n) is 5.58. The number of ketones is 1. The van der Waals surface area contributed by atoms with Crippen molar-refractivity contribution >= 4 is 22.4 Å². The maximum Gasteiger partial charge on any atom is 0.339 e. The number of hydrogen-bond donors (Lipinski definition) is 0. The van der Waals surface area contributed by atoms with E-state index >= 15 is 0 Å². The van der Waals surface area contributed by atoms with Gasteiger partial charge in [0.05, 0.1) is 17.4 Å². The van der Waals surface area contributed by atoms with E-state index < -0.39 is 0 Å². The Morgan fingerprint density at radius 1 is 1.00 bits per heavy atom. The Morgan fingerprint density at radius 3 is 2.32 bits per heavy atom. The molecule has 1 aliphatic heterocycles. The molecular weight excluding hydrogens is 354 g/mol. The van der Waals surface area contributed by atoms with Gasteiger partial charge in [0.2, 0.25) is 0 Å². The van der Waals surface area contributed by atoms with Crippen LogP contribution in [0.2, 0.25) is 0 Å². The number of anilines is 1. The lowest BCUT2D eigenvalue weighted by Gasteiger charge is -2.28. The van der Waals surface area contributed by atoms with Crippen molar-refractivity contribution in [3.05, 3.63) is 68.6 Å². The minimum atomic E-state index is -0.368. The standard InChI is InChI=1S/C23H23NO4/c1-12-10-19-21(13(2)14(3)23(26)28-19)22-20(12)17(25)11-18(27-22)15-6-8-16(9-7-15)24(4)5/h6-10,18H,11H2,1-5H3/t18-/m0/s1. The monoisotopic (exact) mass is 377 g/mol. The third-order valence-corrected chi connectivity index (χ3v) is 5.58. The summed E-state index contributed by atoms with van der Waals surface area (Å²) in [5.74, 6) is 0.572. The number of ether oxygens (including phenoxy) is 1. The number of Topliss-reactive ketones (excluding diaryl/α,β-unsaturated/α-hetero) is 1. The lowest BCUT2D eigenvalue weighted by molar-refractivity contribution is 0.0852. The van der Waals surface area contributed by atoms with Gasteiger partial charge in [0.1, 0.15) is 17.4 Å². The molecule has 0 aliphatic carbocycles. The number of carbonyl (C=O) groups excluding carboxylic acids is 1. The van der Waals surface area contributed by atoms with E-state index in [1.165, 1.54) is 0 Å². The van der Waals surface area contributed by atoms with Gasteiger partial charge in [-0.2, -0.15) is 0 Å². The lowest BCUT2D eigenvalue weighted by Crippen LogP contribution is -2.22. The van der Waals surface area contributed by atoms with E-state index in [0.717, 1.165) is 22.4 Å². The van der Waals surface area contributed by atoms with Crippen molar-refractivity contribution in [1.29, 1.82) is 0 Å². The lowest BCUT2D eigenvalue weighted by atomic mass is 9.90. The van der Waals surface area contributed by atoms with E-state index in [0.29, 0.717) is 27.8 Å². The molecule has 0 amide bonds. The first-order valence-corrected chi connectivity index (χ1v) is 9.32. The van der Waals surface area contributed by atoms with E-state index in [2.05, 4.69) is 0 Å². The summed E-state index contributed by atoms with van der Waals surface area (Å²) in [4.78, 5) is 27.1. The second-order valence-electron chi connectivity index (χ2n) is 7.63. The average Bonchev–Trinajstić information content (AvgIpc) is 2.65. The summed E-state index contributed by atoms with van der Waals surface area (Å²) >= 11 is 0. The number of nitrogens with zero attached hydrogens (tertiary/aromatic N) is 1. The zero-order valence-corrected chi connectivity index (χ0v) is 16.8. The molecule has 4 rings (SSSR count). The molecule has 3 aromatic rings. The summed E-state index contributed by atoms with van der Waals surface area (Å²) in [6.45, 7) is 5.45. The first kappa shape index (κ1) is 18.3. The molecule has 0 N–H and O–H groups in total. The SMILES string of the molecule is Cc1cc2oc(=O)c(C)c(C)c2c2c1C(=O)C[C@@H](c1ccc(N(C)C)cc1)O2. The van der Waals surface area contributed by atoms with E-state index in [1.807, 2.05) is 57.1 Å². The second-order valence-corrected chi connectivity index (χ2v) is 7.63. The fourth-order valence-electron chi connectivity index (χ4n) is 3.80. The largest absolute Gasteiger partial charge is 0.484 e. The quantitative estimate of drug-likeness (QED) is 0.616. The fourth-order valence-corrected chi connectivity index (χ4v) is 3.80. The van der Waals surface area contributed by atoms with Crippen LogP contribution in [0, 0.1) is 20.8 Å². The Labute approximate surface area is 163 Å². The number of fused-ring (bicyclic) bond motifs is 3. The predicted molar refractivity (Wildman–Crippen MR) is 110 cm³/mol. The second kappa shape index (κ2) is 6.51. The molecule has 0 unspecified atom stereocenters. The fraction of sp³-hybridized carbons (Fsp3) is 0.304. The van der Waals surface area contributed by atoms with Gasteiger partial charge < -0.3 is 14.1 Å². The zero-order valence-electron chi connectivity index (χ0n) is 16.8. The molecule has 0 fully saturated rings. The van der Waals surface area contributed by atoms with Crippen molar-refractivity contribution in [3.8, 4) is 5.75 Å². The van der Waals surface area contributed by atoms with E-state index in [1.54, 1.807) is 13.0 Å². The van der Waals surface area contributed by atoms with Crippen LogP contribution >= 0.6 is 0 Å². The molecule has 0 spiro atoms. The molecule has 1 aliphatic rings. The van der Waals surface area contributed by atoms with Crippen LogP contribution < -0.4 is 15.3 Å². The molecule has 5 nitrogen and oxygen atoms in total. The number of aryl methyl sites for hydroxylation is 2. The van der Waals surface area contributed by atoms with Crippen LogP contribution in [0.1, 0.15) is 45.1 Å². The summed E-state index contributed by atoms with van der Waals surface area (Å²) in [6.07, 6.45) is -0.0806. The van der Waals surface area contributed by atoms with E-state index in [9.17, 15) is 9.59 Å². The van der Waals surface area contributed by atoms with Crippen molar-refractivity contribution < 1.29 is 13.9 Å². The highest BCUT2D eigenvalue weighted by Gasteiger charge is 2.32. The van der Waals surface area contributed by atoms with Gasteiger partial charge in [-0.1, -0.05) is 12.1 Å². The van der Waals surface area contributed by atoms with E-state index in [4.69, 9.17) is 9.15 Å². The molecular formula is C23H23NO4. The van der Waals surface area contributed by atoms with Gasteiger partial charge >= 0.3 is 5.63 Å². The van der Waals surface area contributed by atoms with Crippen LogP contribution in [-0.4, -0.2) is 19.9 Å². The molecule has 5 heteroatoms. The van der Waals surface area contributed by atoms with Gasteiger partial charge in [-0.15, -0.1) is 0 Å². The topological polar surface area (TPSA) is 59.8 Å². The highest BCUT2D eigenvalue weighted by Crippen LogP contribution is 2.43. The Kier molecular flexibility index (Phi) is 4.26. The van der Waals surface area contributed by atoms with Crippen LogP contribution in [0.25, 0.3) is 11.0 Å². The summed E-state index contributed by atoms with van der Waals surface area (Å²) in [5.41, 5.74) is 4.81. The predicted octanol–water partition coefficient (Wildman–Crippen LogP) is 4.49. The summed E-state index contributed by atoms with van der Waals surface area (Å²) in [6, 6.07) is 9.78. The minimum absolute atomic E-state index is 0.0468. The Morgan fingerprint density at radius 2 is 1.68 bits per heavy atom. The molecule has 0 radical (unpaired) electrons. The molecule has 1 atom stereocenters. The smallest absolute Gasteiger partial charge is 0.339 e. The van der Waals surface area contributed by atoms with Gasteiger partial charge in [-0.25, -0.2) is 4.79 Å². The minimum Gasteiger partial charge on any atom is -0.484 e. The Balaban J connectivity index is 1.88. The van der Waals surface area contributed by atoms with Crippen LogP contribution in [0.4, 0.5) is 5.69 Å². The number of hydrogen-bond acceptors (Lipinski definition) is 5. The highest BCUT2D eigenvalue weighted by atomic mass is 16.5. The zero-order chi connectivity index (χ0) is 20.2. The van der Waals surface area contributed by atoms with Crippen molar-refractivity contribution in [1.82, 2.24) is 0 Å². The van der Waals surface area contributed by atoms with E-state index in [-0.39, 0.29) is 23.9 Å². The van der Waals surface area contributed by atoms with Crippen molar-refractivity contribution in [3.63, 3.8) is 0 Å². The molecule has 28 heavy (non-hydrogen) atoms. The molecule has 0 bridgehead atoms. The Bertz CT molecular complexity index is 1160. The van der Waals surface area contributed by atoms with Crippen molar-refractivity contribution in [2.75, 3.05) is 19.0 Å². The first-order valence-electron chi connectivity index (χ1n) is 9.32. The van der Waals surface area contributed by atoms with Crippen molar-refractivity contribution in [2.24, 2.45) is 0 Å². The van der Waals surface area contributed by atoms with Crippen LogP contribution in [-0.2, 0) is 0 Å². The molecule has 1 aromatic heterocycles. The summed E-state index contributed by atoms with van der Waals surface area (Å²) < 4.78 is 11.8. The summed E-state index contributed by atoms with van der Waals surface area (Å²) in [5, 5.41) is 0.709. The van der Waals surface area contributed by atoms with Crippen molar-refractivity contribution in [2.45, 2.75) is 33.3 Å². The summed E-state index contributed by atoms with van der Waals surface area (Å²) in [7, 11) is 3.97. The van der Waals surface area contributed by atoms with Gasteiger partial charge in [-0.3, -0.25) is 4.79 Å². The normalized spacial score (nSPS) is 16.0. The maximum atomic E-state index is 13.0. The Hall–Kier alpha value is -3.08. The maximum absolute atomic E-state index is 13.0. The molecule has 2 aromatic carbocycles. The molecule has 2 heterocycles. The molecule has 0 saturated heterocycles. The van der Waals surface area contributed by atoms with Crippen LogP contribution in [0.5, 0.6) is 5.75 Å². The number of benzene rings is 2. The van der Waals surface area contributed by atoms with Crippen LogP contribution in [0.3, 0.4) is 0 Å².